The zero-order chi connectivity index (χ0) is 16.2. The predicted molar refractivity (Wildman–Crippen MR) is 88.5 cm³/mol. The van der Waals surface area contributed by atoms with Crippen molar-refractivity contribution in [3.8, 4) is 5.75 Å². The fourth-order valence-electron chi connectivity index (χ4n) is 2.74. The van der Waals surface area contributed by atoms with Gasteiger partial charge in [-0.3, -0.25) is 4.90 Å². The van der Waals surface area contributed by atoms with Crippen LogP contribution in [0.1, 0.15) is 25.3 Å². The van der Waals surface area contributed by atoms with Gasteiger partial charge in [-0.2, -0.15) is 0 Å². The number of rotatable bonds is 7. The lowest BCUT2D eigenvalue weighted by atomic mass is 10.1. The second kappa shape index (κ2) is 7.44. The van der Waals surface area contributed by atoms with Crippen LogP contribution in [0, 0.1) is 0 Å². The maximum Gasteiger partial charge on any atom is 0.211 e. The number of hydrogen-bond acceptors (Lipinski definition) is 4. The highest BCUT2D eigenvalue weighted by Gasteiger charge is 2.30. The number of likely N-dealkylation sites (N-methyl/N-ethyl adjacent to an activating group) is 1. The Morgan fingerprint density at radius 3 is 2.82 bits per heavy atom. The van der Waals surface area contributed by atoms with E-state index in [9.17, 15) is 8.42 Å². The molecule has 0 radical (unpaired) electrons. The molecule has 1 aliphatic heterocycles. The molecule has 1 saturated heterocycles. The Balaban J connectivity index is 1.93. The number of nitrogens with zero attached hydrogens (tertiary/aromatic N) is 2. The highest BCUT2D eigenvalue weighted by Crippen LogP contribution is 2.20. The molecule has 1 aromatic carbocycles. The molecular formula is C16H26N2O3S. The Hall–Kier alpha value is -1.11. The van der Waals surface area contributed by atoms with Gasteiger partial charge in [0.05, 0.1) is 12.9 Å². The minimum absolute atomic E-state index is 0.273. The van der Waals surface area contributed by atoms with E-state index in [2.05, 4.69) is 31.0 Å². The van der Waals surface area contributed by atoms with Crippen molar-refractivity contribution in [1.82, 2.24) is 9.21 Å². The van der Waals surface area contributed by atoms with E-state index in [4.69, 9.17) is 4.74 Å². The molecule has 5 nitrogen and oxygen atoms in total. The molecule has 22 heavy (non-hydrogen) atoms. The van der Waals surface area contributed by atoms with Crippen molar-refractivity contribution in [3.63, 3.8) is 0 Å². The number of sulfonamides is 1. The molecular weight excluding hydrogens is 300 g/mol. The maximum atomic E-state index is 11.6. The highest BCUT2D eigenvalue weighted by molar-refractivity contribution is 7.88. The number of hydrogen-bond donors (Lipinski definition) is 0. The Morgan fingerprint density at radius 1 is 1.41 bits per heavy atom. The van der Waals surface area contributed by atoms with E-state index >= 15 is 0 Å². The van der Waals surface area contributed by atoms with Gasteiger partial charge in [0.25, 0.3) is 0 Å². The van der Waals surface area contributed by atoms with E-state index in [1.165, 1.54) is 11.8 Å². The molecule has 1 aliphatic rings. The van der Waals surface area contributed by atoms with Crippen molar-refractivity contribution >= 4 is 10.0 Å². The van der Waals surface area contributed by atoms with Crippen LogP contribution in [-0.2, 0) is 16.6 Å². The first-order valence-electron chi connectivity index (χ1n) is 7.77. The third-order valence-electron chi connectivity index (χ3n) is 4.02. The first-order chi connectivity index (χ1) is 10.4. The van der Waals surface area contributed by atoms with E-state index < -0.39 is 10.0 Å². The van der Waals surface area contributed by atoms with Crippen molar-refractivity contribution in [1.29, 1.82) is 0 Å². The second-order valence-corrected chi connectivity index (χ2v) is 7.96. The van der Waals surface area contributed by atoms with E-state index in [1.807, 2.05) is 12.1 Å². The summed E-state index contributed by atoms with van der Waals surface area (Å²) in [6, 6.07) is 8.40. The minimum Gasteiger partial charge on any atom is -0.494 e. The van der Waals surface area contributed by atoms with Gasteiger partial charge in [0.15, 0.2) is 0 Å². The van der Waals surface area contributed by atoms with Crippen LogP contribution in [0.15, 0.2) is 24.3 Å². The topological polar surface area (TPSA) is 49.9 Å². The lowest BCUT2D eigenvalue weighted by molar-refractivity contribution is 0.241. The highest BCUT2D eigenvalue weighted by atomic mass is 32.2. The van der Waals surface area contributed by atoms with Crippen LogP contribution in [0.5, 0.6) is 5.75 Å². The number of ether oxygens (including phenoxy) is 1. The van der Waals surface area contributed by atoms with Crippen LogP contribution < -0.4 is 4.74 Å². The predicted octanol–water partition coefficient (Wildman–Crippen LogP) is 1.94. The summed E-state index contributed by atoms with van der Waals surface area (Å²) >= 11 is 0. The summed E-state index contributed by atoms with van der Waals surface area (Å²) in [7, 11) is -1.02. The molecule has 0 N–H and O–H groups in total. The summed E-state index contributed by atoms with van der Waals surface area (Å²) in [6.45, 7) is 4.82. The second-order valence-electron chi connectivity index (χ2n) is 5.97. The Kier molecular flexibility index (Phi) is 5.83. The van der Waals surface area contributed by atoms with E-state index in [-0.39, 0.29) is 6.04 Å². The third kappa shape index (κ3) is 4.69. The monoisotopic (exact) mass is 326 g/mol. The maximum absolute atomic E-state index is 11.6. The summed E-state index contributed by atoms with van der Waals surface area (Å²) in [5, 5.41) is 0. The van der Waals surface area contributed by atoms with E-state index in [0.29, 0.717) is 13.1 Å². The summed E-state index contributed by atoms with van der Waals surface area (Å²) in [5.74, 6) is 0.900. The quantitative estimate of drug-likeness (QED) is 0.768. The van der Waals surface area contributed by atoms with Crippen molar-refractivity contribution < 1.29 is 13.2 Å². The minimum atomic E-state index is -3.07. The molecule has 1 atom stereocenters. The van der Waals surface area contributed by atoms with Crippen LogP contribution in [0.25, 0.3) is 0 Å². The summed E-state index contributed by atoms with van der Waals surface area (Å²) < 4.78 is 30.4. The largest absolute Gasteiger partial charge is 0.494 e. The molecule has 1 aromatic rings. The van der Waals surface area contributed by atoms with Gasteiger partial charge in [0, 0.05) is 25.7 Å². The molecule has 1 heterocycles. The van der Waals surface area contributed by atoms with Crippen LogP contribution in [0.2, 0.25) is 0 Å². The van der Waals surface area contributed by atoms with Crippen molar-refractivity contribution in [2.75, 3.05) is 33.0 Å². The summed E-state index contributed by atoms with van der Waals surface area (Å²) in [4.78, 5) is 2.23. The average molecular weight is 326 g/mol. The standard InChI is InChI=1S/C16H26N2O3S/c1-4-10-21-16-7-5-6-14(11-16)12-17(2)15-8-9-18(13-15)22(3,19)20/h5-7,11,15H,4,8-10,12-13H2,1-3H3. The van der Waals surface area contributed by atoms with Gasteiger partial charge < -0.3 is 4.74 Å². The van der Waals surface area contributed by atoms with Gasteiger partial charge in [-0.05, 0) is 37.6 Å². The Labute approximate surface area is 133 Å². The summed E-state index contributed by atoms with van der Waals surface area (Å²) in [5.41, 5.74) is 1.19. The molecule has 0 aliphatic carbocycles. The molecule has 0 bridgehead atoms. The number of benzene rings is 1. The zero-order valence-corrected chi connectivity index (χ0v) is 14.5. The van der Waals surface area contributed by atoms with Crippen molar-refractivity contribution in [3.05, 3.63) is 29.8 Å². The molecule has 0 spiro atoms. The van der Waals surface area contributed by atoms with Crippen LogP contribution >= 0.6 is 0 Å². The lowest BCUT2D eigenvalue weighted by Gasteiger charge is -2.24. The van der Waals surface area contributed by atoms with Gasteiger partial charge >= 0.3 is 0 Å². The van der Waals surface area contributed by atoms with Crippen LogP contribution in [0.3, 0.4) is 0 Å². The fraction of sp³-hybridized carbons (Fsp3) is 0.625. The van der Waals surface area contributed by atoms with E-state index in [0.717, 1.165) is 31.7 Å². The SMILES string of the molecule is CCCOc1cccc(CN(C)C2CCN(S(C)(=O)=O)C2)c1. The van der Waals surface area contributed by atoms with Crippen LogP contribution in [0.4, 0.5) is 0 Å². The fourth-order valence-corrected chi connectivity index (χ4v) is 3.62. The van der Waals surface area contributed by atoms with Gasteiger partial charge in [0.1, 0.15) is 5.75 Å². The van der Waals surface area contributed by atoms with Gasteiger partial charge in [-0.1, -0.05) is 19.1 Å². The van der Waals surface area contributed by atoms with Gasteiger partial charge in [-0.25, -0.2) is 12.7 Å². The molecule has 1 unspecified atom stereocenters. The molecule has 2 rings (SSSR count). The lowest BCUT2D eigenvalue weighted by Crippen LogP contribution is -2.35. The summed E-state index contributed by atoms with van der Waals surface area (Å²) in [6.07, 6.45) is 3.16. The Morgan fingerprint density at radius 2 is 2.18 bits per heavy atom. The average Bonchev–Trinajstić information content (AvgIpc) is 2.95. The first-order valence-corrected chi connectivity index (χ1v) is 9.62. The molecule has 0 saturated carbocycles. The van der Waals surface area contributed by atoms with Crippen LogP contribution in [-0.4, -0.2) is 56.7 Å². The van der Waals surface area contributed by atoms with Gasteiger partial charge in [0.2, 0.25) is 10.0 Å². The molecule has 0 aromatic heterocycles. The van der Waals surface area contributed by atoms with Gasteiger partial charge in [-0.15, -0.1) is 0 Å². The zero-order valence-electron chi connectivity index (χ0n) is 13.7. The molecule has 6 heteroatoms. The van der Waals surface area contributed by atoms with Crippen molar-refractivity contribution in [2.24, 2.45) is 0 Å². The Bertz CT molecular complexity index is 589. The molecule has 124 valence electrons. The molecule has 0 amide bonds. The third-order valence-corrected chi connectivity index (χ3v) is 5.29. The first kappa shape index (κ1) is 17.2. The van der Waals surface area contributed by atoms with E-state index in [1.54, 1.807) is 4.31 Å². The normalized spacial score (nSPS) is 19.7. The smallest absolute Gasteiger partial charge is 0.211 e. The molecule has 1 fully saturated rings. The van der Waals surface area contributed by atoms with Crippen molar-refractivity contribution in [2.45, 2.75) is 32.4 Å².